The molecule has 1 aromatic heterocycles. The standard InChI is InChI=1S/C16H21NO4/c1-10-7-12-8-11(9-13(18)14(12)20-10)5-6-17-15(19)21-16(2,3)4/h7-9,18H,5-6H2,1-4H3,(H,17,19). The number of amides is 1. The van der Waals surface area contributed by atoms with E-state index in [9.17, 15) is 9.90 Å². The third kappa shape index (κ3) is 4.15. The Labute approximate surface area is 123 Å². The van der Waals surface area contributed by atoms with Crippen molar-refractivity contribution in [1.82, 2.24) is 5.32 Å². The van der Waals surface area contributed by atoms with Crippen LogP contribution >= 0.6 is 0 Å². The summed E-state index contributed by atoms with van der Waals surface area (Å²) in [4.78, 5) is 11.5. The minimum atomic E-state index is -0.504. The number of nitrogens with one attached hydrogen (secondary N) is 1. The Kier molecular flexibility index (Phi) is 4.11. The number of aryl methyl sites for hydroxylation is 1. The van der Waals surface area contributed by atoms with Crippen LogP contribution in [0.25, 0.3) is 11.0 Å². The second-order valence-corrected chi connectivity index (χ2v) is 6.07. The van der Waals surface area contributed by atoms with E-state index < -0.39 is 11.7 Å². The Bertz CT molecular complexity index is 652. The van der Waals surface area contributed by atoms with Gasteiger partial charge in [0.15, 0.2) is 11.3 Å². The van der Waals surface area contributed by atoms with Gasteiger partial charge in [-0.15, -0.1) is 0 Å². The van der Waals surface area contributed by atoms with E-state index in [0.717, 1.165) is 16.7 Å². The first-order chi connectivity index (χ1) is 9.74. The van der Waals surface area contributed by atoms with Crippen LogP contribution in [-0.2, 0) is 11.2 Å². The van der Waals surface area contributed by atoms with Gasteiger partial charge >= 0.3 is 6.09 Å². The SMILES string of the molecule is Cc1cc2cc(CCNC(=O)OC(C)(C)C)cc(O)c2o1. The summed E-state index contributed by atoms with van der Waals surface area (Å²) in [5.74, 6) is 0.872. The lowest BCUT2D eigenvalue weighted by Gasteiger charge is -2.19. The number of furan rings is 1. The lowest BCUT2D eigenvalue weighted by Crippen LogP contribution is -2.33. The van der Waals surface area contributed by atoms with Gasteiger partial charge in [0.2, 0.25) is 0 Å². The van der Waals surface area contributed by atoms with Crippen LogP contribution < -0.4 is 5.32 Å². The predicted octanol–water partition coefficient (Wildman–Crippen LogP) is 3.51. The highest BCUT2D eigenvalue weighted by molar-refractivity contribution is 5.84. The molecule has 0 bridgehead atoms. The number of alkyl carbamates (subject to hydrolysis) is 1. The number of phenolic OH excluding ortho intramolecular Hbond substituents is 1. The molecule has 0 atom stereocenters. The minimum absolute atomic E-state index is 0.118. The molecule has 1 aromatic carbocycles. The Balaban J connectivity index is 1.96. The van der Waals surface area contributed by atoms with Crippen LogP contribution in [0.3, 0.4) is 0 Å². The van der Waals surface area contributed by atoms with Gasteiger partial charge in [0.1, 0.15) is 11.4 Å². The van der Waals surface area contributed by atoms with Crippen LogP contribution in [0.1, 0.15) is 32.1 Å². The van der Waals surface area contributed by atoms with E-state index in [0.29, 0.717) is 18.5 Å². The van der Waals surface area contributed by atoms with Crippen molar-refractivity contribution < 1.29 is 19.1 Å². The zero-order chi connectivity index (χ0) is 15.6. The lowest BCUT2D eigenvalue weighted by molar-refractivity contribution is 0.0528. The van der Waals surface area contributed by atoms with Gasteiger partial charge in [-0.2, -0.15) is 0 Å². The Morgan fingerprint density at radius 3 is 2.71 bits per heavy atom. The van der Waals surface area contributed by atoms with Gasteiger partial charge in [-0.3, -0.25) is 0 Å². The number of fused-ring (bicyclic) bond motifs is 1. The van der Waals surface area contributed by atoms with Gasteiger partial charge < -0.3 is 19.6 Å². The molecular weight excluding hydrogens is 270 g/mol. The van der Waals surface area contributed by atoms with E-state index in [2.05, 4.69) is 5.32 Å². The third-order valence-electron chi connectivity index (χ3n) is 2.86. The summed E-state index contributed by atoms with van der Waals surface area (Å²) in [5.41, 5.74) is 0.920. The fourth-order valence-corrected chi connectivity index (χ4v) is 2.09. The summed E-state index contributed by atoms with van der Waals surface area (Å²) < 4.78 is 10.6. The van der Waals surface area contributed by atoms with E-state index in [-0.39, 0.29) is 5.75 Å². The first-order valence-electron chi connectivity index (χ1n) is 6.93. The molecule has 0 spiro atoms. The number of carbonyl (C=O) groups excluding carboxylic acids is 1. The van der Waals surface area contributed by atoms with Gasteiger partial charge in [-0.1, -0.05) is 0 Å². The number of aromatic hydroxyl groups is 1. The van der Waals surface area contributed by atoms with Crippen molar-refractivity contribution in [1.29, 1.82) is 0 Å². The monoisotopic (exact) mass is 291 g/mol. The molecule has 0 saturated carbocycles. The van der Waals surface area contributed by atoms with Crippen molar-refractivity contribution >= 4 is 17.1 Å². The molecule has 2 N–H and O–H groups in total. The van der Waals surface area contributed by atoms with E-state index >= 15 is 0 Å². The molecule has 5 nitrogen and oxygen atoms in total. The molecule has 5 heteroatoms. The average Bonchev–Trinajstić information content (AvgIpc) is 2.68. The molecule has 0 unspecified atom stereocenters. The molecule has 2 rings (SSSR count). The number of phenols is 1. The fourth-order valence-electron chi connectivity index (χ4n) is 2.09. The molecule has 21 heavy (non-hydrogen) atoms. The summed E-state index contributed by atoms with van der Waals surface area (Å²) in [7, 11) is 0. The summed E-state index contributed by atoms with van der Waals surface area (Å²) in [6.45, 7) is 7.74. The number of hydrogen-bond donors (Lipinski definition) is 2. The zero-order valence-corrected chi connectivity index (χ0v) is 12.8. The van der Waals surface area contributed by atoms with Crippen molar-refractivity contribution in [3.05, 3.63) is 29.5 Å². The number of benzene rings is 1. The van der Waals surface area contributed by atoms with E-state index in [4.69, 9.17) is 9.15 Å². The fraction of sp³-hybridized carbons (Fsp3) is 0.438. The molecule has 0 saturated heterocycles. The Morgan fingerprint density at radius 2 is 2.05 bits per heavy atom. The first-order valence-corrected chi connectivity index (χ1v) is 6.93. The second-order valence-electron chi connectivity index (χ2n) is 6.07. The number of hydrogen-bond acceptors (Lipinski definition) is 4. The van der Waals surface area contributed by atoms with Gasteiger partial charge in [0.05, 0.1) is 0 Å². The molecule has 114 valence electrons. The lowest BCUT2D eigenvalue weighted by atomic mass is 10.1. The van der Waals surface area contributed by atoms with Crippen molar-refractivity contribution in [3.8, 4) is 5.75 Å². The number of ether oxygens (including phenoxy) is 1. The zero-order valence-electron chi connectivity index (χ0n) is 12.8. The molecule has 0 radical (unpaired) electrons. The van der Waals surface area contributed by atoms with Gasteiger partial charge in [-0.25, -0.2) is 4.79 Å². The quantitative estimate of drug-likeness (QED) is 0.907. The molecule has 0 aliphatic carbocycles. The van der Waals surface area contributed by atoms with Crippen molar-refractivity contribution in [2.75, 3.05) is 6.54 Å². The largest absolute Gasteiger partial charge is 0.504 e. The van der Waals surface area contributed by atoms with Crippen LogP contribution in [0.5, 0.6) is 5.75 Å². The molecule has 0 aliphatic heterocycles. The molecule has 1 amide bonds. The Morgan fingerprint density at radius 1 is 1.33 bits per heavy atom. The summed E-state index contributed by atoms with van der Waals surface area (Å²) >= 11 is 0. The van der Waals surface area contributed by atoms with Crippen molar-refractivity contribution in [3.63, 3.8) is 0 Å². The first kappa shape index (κ1) is 15.2. The molecule has 2 aromatic rings. The molecule has 0 aliphatic rings. The summed E-state index contributed by atoms with van der Waals surface area (Å²) in [6.07, 6.45) is 0.166. The maximum absolute atomic E-state index is 11.5. The van der Waals surface area contributed by atoms with Gasteiger partial charge in [-0.05, 0) is 57.9 Å². The smallest absolute Gasteiger partial charge is 0.407 e. The summed E-state index contributed by atoms with van der Waals surface area (Å²) in [5, 5.41) is 13.5. The summed E-state index contributed by atoms with van der Waals surface area (Å²) in [6, 6.07) is 5.48. The van der Waals surface area contributed by atoms with Crippen LogP contribution in [-0.4, -0.2) is 23.3 Å². The predicted molar refractivity (Wildman–Crippen MR) is 80.6 cm³/mol. The highest BCUT2D eigenvalue weighted by Gasteiger charge is 2.15. The van der Waals surface area contributed by atoms with E-state index in [1.54, 1.807) is 6.07 Å². The highest BCUT2D eigenvalue weighted by atomic mass is 16.6. The van der Waals surface area contributed by atoms with E-state index in [1.807, 2.05) is 39.8 Å². The van der Waals surface area contributed by atoms with Gasteiger partial charge in [0, 0.05) is 11.9 Å². The highest BCUT2D eigenvalue weighted by Crippen LogP contribution is 2.29. The van der Waals surface area contributed by atoms with Crippen LogP contribution in [0.4, 0.5) is 4.79 Å². The topological polar surface area (TPSA) is 71.7 Å². The molecular formula is C16H21NO4. The van der Waals surface area contributed by atoms with Crippen LogP contribution in [0.15, 0.2) is 22.6 Å². The Hall–Kier alpha value is -2.17. The van der Waals surface area contributed by atoms with E-state index in [1.165, 1.54) is 0 Å². The van der Waals surface area contributed by atoms with Crippen LogP contribution in [0.2, 0.25) is 0 Å². The maximum atomic E-state index is 11.5. The minimum Gasteiger partial charge on any atom is -0.504 e. The number of rotatable bonds is 3. The van der Waals surface area contributed by atoms with Crippen molar-refractivity contribution in [2.45, 2.75) is 39.7 Å². The number of carbonyl (C=O) groups is 1. The maximum Gasteiger partial charge on any atom is 0.407 e. The molecule has 1 heterocycles. The molecule has 0 fully saturated rings. The van der Waals surface area contributed by atoms with Crippen LogP contribution in [0, 0.1) is 6.92 Å². The van der Waals surface area contributed by atoms with Gasteiger partial charge in [0.25, 0.3) is 0 Å². The third-order valence-corrected chi connectivity index (χ3v) is 2.86. The normalized spacial score (nSPS) is 11.6. The average molecular weight is 291 g/mol. The second kappa shape index (κ2) is 5.68. The van der Waals surface area contributed by atoms with Crippen molar-refractivity contribution in [2.24, 2.45) is 0 Å².